The van der Waals surface area contributed by atoms with Crippen molar-refractivity contribution in [3.05, 3.63) is 28.3 Å². The first-order valence-electron chi connectivity index (χ1n) is 4.13. The van der Waals surface area contributed by atoms with Gasteiger partial charge in [-0.15, -0.1) is 0 Å². The van der Waals surface area contributed by atoms with E-state index in [-0.39, 0.29) is 0 Å². The van der Waals surface area contributed by atoms with Crippen molar-refractivity contribution in [2.75, 3.05) is 5.73 Å². The molecule has 68 valence electrons. The lowest BCUT2D eigenvalue weighted by Gasteiger charge is -2.03. The molecule has 0 aliphatic carbocycles. The maximum Gasteiger partial charge on any atom is 0.0412 e. The van der Waals surface area contributed by atoms with Gasteiger partial charge < -0.3 is 5.73 Å². The number of anilines is 1. The first-order chi connectivity index (χ1) is 5.61. The van der Waals surface area contributed by atoms with Crippen molar-refractivity contribution in [1.82, 2.24) is 0 Å². The second kappa shape index (κ2) is 5.04. The Hall–Kier alpha value is -0.690. The van der Waals surface area contributed by atoms with Crippen molar-refractivity contribution < 1.29 is 0 Å². The SMILES string of the molecule is CC.Cc1cc(Cl)cc(C)c1N. The van der Waals surface area contributed by atoms with E-state index in [1.165, 1.54) is 0 Å². The van der Waals surface area contributed by atoms with Crippen molar-refractivity contribution in [2.45, 2.75) is 27.7 Å². The number of rotatable bonds is 0. The van der Waals surface area contributed by atoms with Gasteiger partial charge in [-0.2, -0.15) is 0 Å². The molecule has 2 N–H and O–H groups in total. The average molecular weight is 186 g/mol. The van der Waals surface area contributed by atoms with Crippen LogP contribution in [0.15, 0.2) is 12.1 Å². The molecule has 0 amide bonds. The Bertz CT molecular complexity index is 233. The molecule has 0 aromatic heterocycles. The van der Waals surface area contributed by atoms with Crippen LogP contribution in [-0.2, 0) is 0 Å². The monoisotopic (exact) mass is 185 g/mol. The molecule has 0 fully saturated rings. The lowest BCUT2D eigenvalue weighted by molar-refractivity contribution is 1.39. The minimum atomic E-state index is 0.754. The lowest BCUT2D eigenvalue weighted by atomic mass is 10.1. The van der Waals surface area contributed by atoms with Crippen LogP contribution in [0.4, 0.5) is 5.69 Å². The van der Waals surface area contributed by atoms with E-state index in [0.29, 0.717) is 0 Å². The van der Waals surface area contributed by atoms with Crippen LogP contribution in [-0.4, -0.2) is 0 Å². The van der Waals surface area contributed by atoms with Gasteiger partial charge in [0.05, 0.1) is 0 Å². The molecule has 0 spiro atoms. The molecule has 1 rings (SSSR count). The molecule has 0 radical (unpaired) electrons. The Labute approximate surface area is 79.5 Å². The van der Waals surface area contributed by atoms with E-state index in [0.717, 1.165) is 21.8 Å². The van der Waals surface area contributed by atoms with Gasteiger partial charge in [-0.1, -0.05) is 25.4 Å². The molecule has 0 aliphatic heterocycles. The Morgan fingerprint density at radius 2 is 1.42 bits per heavy atom. The minimum absolute atomic E-state index is 0.754. The maximum absolute atomic E-state index is 5.77. The van der Waals surface area contributed by atoms with Gasteiger partial charge in [-0.25, -0.2) is 0 Å². The van der Waals surface area contributed by atoms with Crippen molar-refractivity contribution in [1.29, 1.82) is 0 Å². The zero-order chi connectivity index (χ0) is 9.72. The van der Waals surface area contributed by atoms with E-state index >= 15 is 0 Å². The highest BCUT2D eigenvalue weighted by Gasteiger charge is 1.98. The number of benzene rings is 1. The summed E-state index contributed by atoms with van der Waals surface area (Å²) in [6, 6.07) is 3.73. The van der Waals surface area contributed by atoms with E-state index < -0.39 is 0 Å². The molecule has 0 unspecified atom stereocenters. The average Bonchev–Trinajstić information content (AvgIpc) is 2.04. The second-order valence-electron chi connectivity index (χ2n) is 2.45. The normalized spacial score (nSPS) is 8.75. The molecule has 1 aromatic carbocycles. The second-order valence-corrected chi connectivity index (χ2v) is 2.89. The van der Waals surface area contributed by atoms with Crippen LogP contribution in [0.5, 0.6) is 0 Å². The van der Waals surface area contributed by atoms with E-state index in [1.54, 1.807) is 0 Å². The van der Waals surface area contributed by atoms with Gasteiger partial charge in [0, 0.05) is 10.7 Å². The fourth-order valence-corrected chi connectivity index (χ4v) is 1.25. The standard InChI is InChI=1S/C8H10ClN.C2H6/c1-5-3-7(9)4-6(2)8(5)10;1-2/h3-4H,10H2,1-2H3;1-2H3. The molecule has 0 bridgehead atoms. The van der Waals surface area contributed by atoms with Crippen molar-refractivity contribution in [3.63, 3.8) is 0 Å². The zero-order valence-corrected chi connectivity index (χ0v) is 8.87. The highest BCUT2D eigenvalue weighted by atomic mass is 35.5. The summed E-state index contributed by atoms with van der Waals surface area (Å²) in [6.45, 7) is 7.91. The summed E-state index contributed by atoms with van der Waals surface area (Å²) in [7, 11) is 0. The van der Waals surface area contributed by atoms with Crippen LogP contribution in [0.2, 0.25) is 5.02 Å². The third kappa shape index (κ3) is 2.74. The van der Waals surface area contributed by atoms with E-state index in [2.05, 4.69) is 0 Å². The molecule has 2 heteroatoms. The summed E-state index contributed by atoms with van der Waals surface area (Å²) < 4.78 is 0. The summed E-state index contributed by atoms with van der Waals surface area (Å²) in [5, 5.41) is 0.754. The van der Waals surface area contributed by atoms with Crippen molar-refractivity contribution in [3.8, 4) is 0 Å². The molecular weight excluding hydrogens is 170 g/mol. The van der Waals surface area contributed by atoms with Crippen molar-refractivity contribution >= 4 is 17.3 Å². The number of nitrogen functional groups attached to an aromatic ring is 1. The van der Waals surface area contributed by atoms with Crippen LogP contribution in [0.3, 0.4) is 0 Å². The Morgan fingerprint density at radius 1 is 1.08 bits per heavy atom. The van der Waals surface area contributed by atoms with E-state index in [9.17, 15) is 0 Å². The topological polar surface area (TPSA) is 26.0 Å². The third-order valence-electron chi connectivity index (χ3n) is 1.56. The van der Waals surface area contributed by atoms with Crippen LogP contribution in [0, 0.1) is 13.8 Å². The summed E-state index contributed by atoms with van der Waals surface area (Å²) in [5.74, 6) is 0. The highest BCUT2D eigenvalue weighted by molar-refractivity contribution is 6.30. The lowest BCUT2D eigenvalue weighted by Crippen LogP contribution is -1.92. The van der Waals surface area contributed by atoms with Gasteiger partial charge in [0.15, 0.2) is 0 Å². The number of aryl methyl sites for hydroxylation is 2. The van der Waals surface area contributed by atoms with Crippen LogP contribution >= 0.6 is 11.6 Å². The Kier molecular flexibility index (Phi) is 4.75. The molecule has 0 heterocycles. The smallest absolute Gasteiger partial charge is 0.0412 e. The van der Waals surface area contributed by atoms with Gasteiger partial charge in [-0.3, -0.25) is 0 Å². The third-order valence-corrected chi connectivity index (χ3v) is 1.78. The maximum atomic E-state index is 5.77. The fraction of sp³-hybridized carbons (Fsp3) is 0.400. The summed E-state index contributed by atoms with van der Waals surface area (Å²) in [6.07, 6.45) is 0. The summed E-state index contributed by atoms with van der Waals surface area (Å²) >= 11 is 5.77. The van der Waals surface area contributed by atoms with Gasteiger partial charge >= 0.3 is 0 Å². The number of hydrogen-bond donors (Lipinski definition) is 1. The van der Waals surface area contributed by atoms with Gasteiger partial charge in [0.25, 0.3) is 0 Å². The van der Waals surface area contributed by atoms with E-state index in [4.69, 9.17) is 17.3 Å². The molecule has 0 saturated carbocycles. The van der Waals surface area contributed by atoms with E-state index in [1.807, 2.05) is 39.8 Å². The number of hydrogen-bond acceptors (Lipinski definition) is 1. The quantitative estimate of drug-likeness (QED) is 0.615. The summed E-state index contributed by atoms with van der Waals surface area (Å²) in [4.78, 5) is 0. The summed E-state index contributed by atoms with van der Waals surface area (Å²) in [5.41, 5.74) is 8.62. The van der Waals surface area contributed by atoms with Gasteiger partial charge in [-0.05, 0) is 37.1 Å². The molecule has 1 nitrogen and oxygen atoms in total. The van der Waals surface area contributed by atoms with Gasteiger partial charge in [0.1, 0.15) is 0 Å². The number of halogens is 1. The Morgan fingerprint density at radius 3 is 1.75 bits per heavy atom. The van der Waals surface area contributed by atoms with Crippen molar-refractivity contribution in [2.24, 2.45) is 0 Å². The fourth-order valence-electron chi connectivity index (χ4n) is 0.922. The number of nitrogens with two attached hydrogens (primary N) is 1. The predicted octanol–water partition coefficient (Wildman–Crippen LogP) is 3.57. The molecule has 12 heavy (non-hydrogen) atoms. The largest absolute Gasteiger partial charge is 0.398 e. The molecule has 0 saturated heterocycles. The first-order valence-corrected chi connectivity index (χ1v) is 4.51. The molecular formula is C10H16ClN. The molecule has 0 atom stereocenters. The van der Waals surface area contributed by atoms with Gasteiger partial charge in [0.2, 0.25) is 0 Å². The first kappa shape index (κ1) is 11.3. The van der Waals surface area contributed by atoms with Crippen LogP contribution in [0.1, 0.15) is 25.0 Å². The predicted molar refractivity (Wildman–Crippen MR) is 56.7 cm³/mol. The van der Waals surface area contributed by atoms with Crippen LogP contribution in [0.25, 0.3) is 0 Å². The minimum Gasteiger partial charge on any atom is -0.398 e. The molecule has 0 aliphatic rings. The Balaban J connectivity index is 0.000000561. The van der Waals surface area contributed by atoms with Crippen LogP contribution < -0.4 is 5.73 Å². The zero-order valence-electron chi connectivity index (χ0n) is 8.11. The highest BCUT2D eigenvalue weighted by Crippen LogP contribution is 2.21. The molecule has 1 aromatic rings.